The highest BCUT2D eigenvalue weighted by Gasteiger charge is 2.43. The van der Waals surface area contributed by atoms with Crippen LogP contribution in [0.3, 0.4) is 0 Å². The van der Waals surface area contributed by atoms with Gasteiger partial charge in [0.15, 0.2) is 0 Å². The number of hydrogen-bond donors (Lipinski definition) is 1. The minimum Gasteiger partial charge on any atom is -0.481 e. The van der Waals surface area contributed by atoms with Gasteiger partial charge in [-0.15, -0.1) is 0 Å². The monoisotopic (exact) mass is 270 g/mol. The number of carbonyl (C=O) groups is 1. The Morgan fingerprint density at radius 1 is 1.35 bits per heavy atom. The minimum absolute atomic E-state index is 0.195. The van der Waals surface area contributed by atoms with Crippen molar-refractivity contribution in [2.75, 3.05) is 0 Å². The summed E-state index contributed by atoms with van der Waals surface area (Å²) in [6.45, 7) is 0. The fraction of sp³-hybridized carbons (Fsp3) is 0.375. The number of benzene rings is 1. The molecule has 1 heterocycles. The maximum atomic E-state index is 11.1. The quantitative estimate of drug-likeness (QED) is 0.929. The highest BCUT2D eigenvalue weighted by molar-refractivity contribution is 5.69. The molecule has 20 heavy (non-hydrogen) atoms. The van der Waals surface area contributed by atoms with Crippen LogP contribution in [-0.4, -0.2) is 20.9 Å². The van der Waals surface area contributed by atoms with Crippen LogP contribution >= 0.6 is 0 Å². The lowest BCUT2D eigenvalue weighted by Crippen LogP contribution is -2.38. The van der Waals surface area contributed by atoms with E-state index in [0.29, 0.717) is 0 Å². The molecule has 0 unspecified atom stereocenters. The van der Waals surface area contributed by atoms with Crippen LogP contribution in [0.5, 0.6) is 0 Å². The maximum Gasteiger partial charge on any atom is 0.304 e. The summed E-state index contributed by atoms with van der Waals surface area (Å²) in [5.74, 6) is -0.729. The molecule has 104 valence electrons. The van der Waals surface area contributed by atoms with Crippen molar-refractivity contribution in [3.05, 3.63) is 42.1 Å². The molecule has 3 rings (SSSR count). The zero-order chi connectivity index (χ0) is 14.2. The second-order valence-corrected chi connectivity index (χ2v) is 5.61. The topological polar surface area (TPSA) is 55.1 Å². The molecule has 0 radical (unpaired) electrons. The fourth-order valence-electron chi connectivity index (χ4n) is 3.13. The fourth-order valence-corrected chi connectivity index (χ4v) is 3.13. The molecule has 1 saturated carbocycles. The lowest BCUT2D eigenvalue weighted by atomic mass is 9.64. The summed E-state index contributed by atoms with van der Waals surface area (Å²) in [6, 6.07) is 12.1. The van der Waals surface area contributed by atoms with E-state index in [1.54, 1.807) is 0 Å². The number of aromatic nitrogens is 2. The van der Waals surface area contributed by atoms with E-state index in [1.165, 1.54) is 0 Å². The molecule has 0 bridgehead atoms. The Labute approximate surface area is 118 Å². The molecule has 0 aliphatic heterocycles. The van der Waals surface area contributed by atoms with Gasteiger partial charge in [-0.25, -0.2) is 0 Å². The first-order chi connectivity index (χ1) is 9.61. The molecule has 0 amide bonds. The first kappa shape index (κ1) is 12.9. The van der Waals surface area contributed by atoms with E-state index in [-0.39, 0.29) is 11.8 Å². The van der Waals surface area contributed by atoms with Gasteiger partial charge in [-0.3, -0.25) is 9.48 Å². The van der Waals surface area contributed by atoms with E-state index >= 15 is 0 Å². The number of aliphatic carboxylic acids is 1. The van der Waals surface area contributed by atoms with Gasteiger partial charge in [-0.2, -0.15) is 5.10 Å². The van der Waals surface area contributed by atoms with Crippen LogP contribution in [0.4, 0.5) is 0 Å². The lowest BCUT2D eigenvalue weighted by Gasteiger charge is -2.40. The molecule has 2 aromatic rings. The van der Waals surface area contributed by atoms with E-state index in [0.717, 1.165) is 36.2 Å². The van der Waals surface area contributed by atoms with Gasteiger partial charge in [-0.05, 0) is 18.9 Å². The van der Waals surface area contributed by atoms with Crippen LogP contribution in [0.1, 0.15) is 31.4 Å². The Bertz CT molecular complexity index is 627. The van der Waals surface area contributed by atoms with E-state index in [2.05, 4.69) is 11.2 Å². The molecule has 1 N–H and O–H groups in total. The molecule has 0 spiro atoms. The van der Waals surface area contributed by atoms with E-state index < -0.39 is 5.97 Å². The van der Waals surface area contributed by atoms with Crippen LogP contribution in [0.25, 0.3) is 11.3 Å². The lowest BCUT2D eigenvalue weighted by molar-refractivity contribution is -0.139. The number of carboxylic acid groups (broad SMARTS) is 1. The third-order valence-corrected chi connectivity index (χ3v) is 4.29. The van der Waals surface area contributed by atoms with Crippen molar-refractivity contribution in [1.29, 1.82) is 0 Å². The van der Waals surface area contributed by atoms with Crippen molar-refractivity contribution in [1.82, 2.24) is 9.78 Å². The van der Waals surface area contributed by atoms with Gasteiger partial charge in [0.1, 0.15) is 0 Å². The number of rotatable bonds is 4. The Kier molecular flexibility index (Phi) is 3.08. The molecule has 1 fully saturated rings. The summed E-state index contributed by atoms with van der Waals surface area (Å²) >= 11 is 0. The zero-order valence-electron chi connectivity index (χ0n) is 11.5. The van der Waals surface area contributed by atoms with Crippen LogP contribution in [0.15, 0.2) is 36.4 Å². The summed E-state index contributed by atoms with van der Waals surface area (Å²) < 4.78 is 1.85. The van der Waals surface area contributed by atoms with E-state index in [9.17, 15) is 4.79 Å². The van der Waals surface area contributed by atoms with Crippen molar-refractivity contribution in [3.8, 4) is 11.3 Å². The maximum absolute atomic E-state index is 11.1. The van der Waals surface area contributed by atoms with Gasteiger partial charge in [0, 0.05) is 23.7 Å². The van der Waals surface area contributed by atoms with Crippen LogP contribution in [0, 0.1) is 0 Å². The first-order valence-electron chi connectivity index (χ1n) is 6.92. The number of carboxylic acids is 1. The number of aryl methyl sites for hydroxylation is 1. The third-order valence-electron chi connectivity index (χ3n) is 4.29. The Morgan fingerprint density at radius 3 is 2.60 bits per heavy atom. The van der Waals surface area contributed by atoms with Gasteiger partial charge >= 0.3 is 5.97 Å². The predicted molar refractivity (Wildman–Crippen MR) is 76.4 cm³/mol. The minimum atomic E-state index is -0.729. The molecule has 1 aliphatic carbocycles. The Hall–Kier alpha value is -2.10. The van der Waals surface area contributed by atoms with Gasteiger partial charge in [0.2, 0.25) is 0 Å². The SMILES string of the molecule is Cn1nc(-c2ccccc2)cc1C1(CC(=O)O)CCC1. The standard InChI is InChI=1S/C16H18N2O2/c1-18-14(16(8-5-9-16)11-15(19)20)10-13(17-18)12-6-3-2-4-7-12/h2-4,6-7,10H,5,8-9,11H2,1H3,(H,19,20). The average molecular weight is 270 g/mol. The molecular weight excluding hydrogens is 252 g/mol. The summed E-state index contributed by atoms with van der Waals surface area (Å²) in [6.07, 6.45) is 3.17. The van der Waals surface area contributed by atoms with Crippen molar-refractivity contribution < 1.29 is 9.90 Å². The molecule has 1 aromatic heterocycles. The molecule has 4 heteroatoms. The smallest absolute Gasteiger partial charge is 0.304 e. The number of nitrogens with zero attached hydrogens (tertiary/aromatic N) is 2. The van der Waals surface area contributed by atoms with E-state index in [4.69, 9.17) is 5.11 Å². The molecule has 4 nitrogen and oxygen atoms in total. The van der Waals surface area contributed by atoms with Crippen molar-refractivity contribution >= 4 is 5.97 Å². The molecule has 1 aromatic carbocycles. The predicted octanol–water partition coefficient (Wildman–Crippen LogP) is 2.98. The van der Waals surface area contributed by atoms with Crippen molar-refractivity contribution in [2.45, 2.75) is 31.1 Å². The second-order valence-electron chi connectivity index (χ2n) is 5.61. The average Bonchev–Trinajstić information content (AvgIpc) is 2.77. The normalized spacial score (nSPS) is 16.6. The molecule has 0 saturated heterocycles. The van der Waals surface area contributed by atoms with Gasteiger partial charge in [0.25, 0.3) is 0 Å². The molecule has 0 atom stereocenters. The van der Waals surface area contributed by atoms with Crippen molar-refractivity contribution in [3.63, 3.8) is 0 Å². The van der Waals surface area contributed by atoms with Crippen molar-refractivity contribution in [2.24, 2.45) is 7.05 Å². The molecular formula is C16H18N2O2. The highest BCUT2D eigenvalue weighted by atomic mass is 16.4. The third kappa shape index (κ3) is 2.11. The first-order valence-corrected chi connectivity index (χ1v) is 6.92. The number of hydrogen-bond acceptors (Lipinski definition) is 2. The van der Waals surface area contributed by atoms with Crippen LogP contribution in [-0.2, 0) is 17.3 Å². The largest absolute Gasteiger partial charge is 0.481 e. The Balaban J connectivity index is 1.99. The Morgan fingerprint density at radius 2 is 2.05 bits per heavy atom. The highest BCUT2D eigenvalue weighted by Crippen LogP contribution is 2.47. The molecule has 1 aliphatic rings. The summed E-state index contributed by atoms with van der Waals surface area (Å²) in [5.41, 5.74) is 2.81. The van der Waals surface area contributed by atoms with Crippen LogP contribution < -0.4 is 0 Å². The van der Waals surface area contributed by atoms with Gasteiger partial charge in [-0.1, -0.05) is 36.8 Å². The summed E-state index contributed by atoms with van der Waals surface area (Å²) in [7, 11) is 1.91. The van der Waals surface area contributed by atoms with E-state index in [1.807, 2.05) is 42.1 Å². The second kappa shape index (κ2) is 4.78. The van der Waals surface area contributed by atoms with Gasteiger partial charge in [0.05, 0.1) is 12.1 Å². The summed E-state index contributed by atoms with van der Waals surface area (Å²) in [5, 5.41) is 13.7. The summed E-state index contributed by atoms with van der Waals surface area (Å²) in [4.78, 5) is 11.1. The van der Waals surface area contributed by atoms with Crippen LogP contribution in [0.2, 0.25) is 0 Å². The van der Waals surface area contributed by atoms with Gasteiger partial charge < -0.3 is 5.11 Å². The zero-order valence-corrected chi connectivity index (χ0v) is 11.5.